The van der Waals surface area contributed by atoms with Crippen molar-refractivity contribution < 1.29 is 32.6 Å². The molecule has 1 rings (SSSR count). The summed E-state index contributed by atoms with van der Waals surface area (Å²) in [6, 6.07) is -0.692. The van der Waals surface area contributed by atoms with E-state index in [2.05, 4.69) is 0 Å². The first-order valence-corrected chi connectivity index (χ1v) is 5.00. The van der Waals surface area contributed by atoms with Crippen LogP contribution in [0.4, 0.5) is 13.2 Å². The molecule has 2 atom stereocenters. The lowest BCUT2D eigenvalue weighted by Gasteiger charge is -2.29. The van der Waals surface area contributed by atoms with Gasteiger partial charge in [0.15, 0.2) is 0 Å². The van der Waals surface area contributed by atoms with Crippen LogP contribution in [-0.4, -0.2) is 41.9 Å². The number of aliphatic carboxylic acids is 1. The van der Waals surface area contributed by atoms with Crippen LogP contribution in [0.15, 0.2) is 0 Å². The first-order chi connectivity index (χ1) is 7.79. The van der Waals surface area contributed by atoms with Crippen LogP contribution < -0.4 is 5.32 Å². The van der Waals surface area contributed by atoms with E-state index in [0.29, 0.717) is 0 Å². The van der Waals surface area contributed by atoms with Crippen molar-refractivity contribution in [3.8, 4) is 0 Å². The minimum Gasteiger partial charge on any atom is -0.481 e. The molecule has 1 heterocycles. The van der Waals surface area contributed by atoms with E-state index < -0.39 is 30.2 Å². The van der Waals surface area contributed by atoms with E-state index in [1.165, 1.54) is 0 Å². The standard InChI is InChI=1S/C9H12F3NO4/c10-9(11,12)8(16)13-5-1-2-17-6(3-5)4-7(14)15/h5-6H,1-4H2,(H,13,16)(H,14,15). The molecule has 1 saturated heterocycles. The van der Waals surface area contributed by atoms with Crippen LogP contribution in [0.25, 0.3) is 0 Å². The Labute approximate surface area is 94.9 Å². The van der Waals surface area contributed by atoms with Gasteiger partial charge in [-0.2, -0.15) is 13.2 Å². The van der Waals surface area contributed by atoms with E-state index in [4.69, 9.17) is 9.84 Å². The van der Waals surface area contributed by atoms with Crippen molar-refractivity contribution in [1.82, 2.24) is 5.32 Å². The maximum Gasteiger partial charge on any atom is 0.471 e. The van der Waals surface area contributed by atoms with Gasteiger partial charge in [-0.05, 0) is 12.8 Å². The number of carboxylic acid groups (broad SMARTS) is 1. The van der Waals surface area contributed by atoms with Crippen molar-refractivity contribution in [3.05, 3.63) is 0 Å². The van der Waals surface area contributed by atoms with Crippen molar-refractivity contribution in [3.63, 3.8) is 0 Å². The quantitative estimate of drug-likeness (QED) is 0.777. The fraction of sp³-hybridized carbons (Fsp3) is 0.778. The van der Waals surface area contributed by atoms with Crippen molar-refractivity contribution in [2.75, 3.05) is 6.61 Å². The summed E-state index contributed by atoms with van der Waals surface area (Å²) in [7, 11) is 0. The first kappa shape index (κ1) is 13.8. The van der Waals surface area contributed by atoms with Gasteiger partial charge in [-0.1, -0.05) is 0 Å². The third kappa shape index (κ3) is 4.59. The molecule has 1 aliphatic heterocycles. The molecule has 0 bridgehead atoms. The van der Waals surface area contributed by atoms with Gasteiger partial charge in [0.2, 0.25) is 0 Å². The fourth-order valence-electron chi connectivity index (χ4n) is 1.62. The molecule has 1 fully saturated rings. The summed E-state index contributed by atoms with van der Waals surface area (Å²) in [5, 5.41) is 10.3. The van der Waals surface area contributed by atoms with Crippen molar-refractivity contribution >= 4 is 11.9 Å². The molecule has 5 nitrogen and oxygen atoms in total. The smallest absolute Gasteiger partial charge is 0.471 e. The summed E-state index contributed by atoms with van der Waals surface area (Å²) in [6.07, 6.45) is -5.52. The Morgan fingerprint density at radius 1 is 1.41 bits per heavy atom. The Balaban J connectivity index is 2.45. The van der Waals surface area contributed by atoms with Gasteiger partial charge in [0.25, 0.3) is 0 Å². The molecule has 1 aliphatic rings. The zero-order valence-corrected chi connectivity index (χ0v) is 8.79. The lowest BCUT2D eigenvalue weighted by Crippen LogP contribution is -2.47. The van der Waals surface area contributed by atoms with E-state index in [1.807, 2.05) is 5.32 Å². The molecule has 2 unspecified atom stereocenters. The maximum absolute atomic E-state index is 12.0. The summed E-state index contributed by atoms with van der Waals surface area (Å²) in [5.74, 6) is -3.09. The molecule has 98 valence electrons. The molecular weight excluding hydrogens is 243 g/mol. The second kappa shape index (κ2) is 5.35. The van der Waals surface area contributed by atoms with Gasteiger partial charge < -0.3 is 15.2 Å². The molecule has 0 saturated carbocycles. The number of carboxylic acids is 1. The Kier molecular flexibility index (Phi) is 4.33. The Morgan fingerprint density at radius 2 is 2.06 bits per heavy atom. The number of carbonyl (C=O) groups excluding carboxylic acids is 1. The van der Waals surface area contributed by atoms with E-state index in [1.54, 1.807) is 0 Å². The summed E-state index contributed by atoms with van der Waals surface area (Å²) < 4.78 is 41.0. The highest BCUT2D eigenvalue weighted by atomic mass is 19.4. The third-order valence-electron chi connectivity index (χ3n) is 2.36. The fourth-order valence-corrected chi connectivity index (χ4v) is 1.62. The molecule has 0 radical (unpaired) electrons. The van der Waals surface area contributed by atoms with Crippen LogP contribution in [0.3, 0.4) is 0 Å². The highest BCUT2D eigenvalue weighted by Crippen LogP contribution is 2.19. The normalized spacial score (nSPS) is 25.4. The number of amides is 1. The monoisotopic (exact) mass is 255 g/mol. The molecule has 0 aromatic carbocycles. The predicted molar refractivity (Wildman–Crippen MR) is 49.2 cm³/mol. The lowest BCUT2D eigenvalue weighted by atomic mass is 10.0. The summed E-state index contributed by atoms with van der Waals surface area (Å²) in [5.41, 5.74) is 0. The van der Waals surface area contributed by atoms with Crippen LogP contribution in [-0.2, 0) is 14.3 Å². The highest BCUT2D eigenvalue weighted by molar-refractivity contribution is 5.81. The largest absolute Gasteiger partial charge is 0.481 e. The predicted octanol–water partition coefficient (Wildman–Crippen LogP) is 0.687. The van der Waals surface area contributed by atoms with Crippen LogP contribution >= 0.6 is 0 Å². The van der Waals surface area contributed by atoms with E-state index in [9.17, 15) is 22.8 Å². The summed E-state index contributed by atoms with van der Waals surface area (Å²) in [4.78, 5) is 21.1. The third-order valence-corrected chi connectivity index (χ3v) is 2.36. The molecule has 17 heavy (non-hydrogen) atoms. The molecule has 0 aliphatic carbocycles. The molecule has 0 aromatic heterocycles. The van der Waals surface area contributed by atoms with Crippen LogP contribution in [0, 0.1) is 0 Å². The Hall–Kier alpha value is -1.31. The van der Waals surface area contributed by atoms with Gasteiger partial charge in [-0.15, -0.1) is 0 Å². The van der Waals surface area contributed by atoms with Gasteiger partial charge in [-0.3, -0.25) is 9.59 Å². The lowest BCUT2D eigenvalue weighted by molar-refractivity contribution is -0.175. The van der Waals surface area contributed by atoms with Gasteiger partial charge in [0.05, 0.1) is 12.5 Å². The number of alkyl halides is 3. The van der Waals surface area contributed by atoms with E-state index in [0.717, 1.165) is 0 Å². The van der Waals surface area contributed by atoms with Gasteiger partial charge in [0.1, 0.15) is 0 Å². The van der Waals surface area contributed by atoms with Crippen molar-refractivity contribution in [2.45, 2.75) is 37.6 Å². The number of halogens is 3. The second-order valence-electron chi connectivity index (χ2n) is 3.78. The number of carbonyl (C=O) groups is 2. The average molecular weight is 255 g/mol. The minimum atomic E-state index is -4.92. The molecule has 0 aromatic rings. The van der Waals surface area contributed by atoms with Crippen molar-refractivity contribution in [2.24, 2.45) is 0 Å². The number of hydrogen-bond acceptors (Lipinski definition) is 3. The Morgan fingerprint density at radius 3 is 2.59 bits per heavy atom. The molecule has 1 amide bonds. The topological polar surface area (TPSA) is 75.6 Å². The first-order valence-electron chi connectivity index (χ1n) is 5.00. The van der Waals surface area contributed by atoms with Crippen LogP contribution in [0.5, 0.6) is 0 Å². The summed E-state index contributed by atoms with van der Waals surface area (Å²) in [6.45, 7) is 0.140. The van der Waals surface area contributed by atoms with E-state index in [-0.39, 0.29) is 25.9 Å². The number of rotatable bonds is 3. The van der Waals surface area contributed by atoms with E-state index >= 15 is 0 Å². The summed E-state index contributed by atoms with van der Waals surface area (Å²) >= 11 is 0. The molecule has 2 N–H and O–H groups in total. The van der Waals surface area contributed by atoms with Crippen molar-refractivity contribution in [1.29, 1.82) is 0 Å². The SMILES string of the molecule is O=C(O)CC1CC(NC(=O)C(F)(F)F)CCO1. The molecular formula is C9H12F3NO4. The zero-order chi connectivity index (χ0) is 13.1. The number of ether oxygens (including phenoxy) is 1. The van der Waals surface area contributed by atoms with Gasteiger partial charge >= 0.3 is 18.1 Å². The highest BCUT2D eigenvalue weighted by Gasteiger charge is 2.40. The molecule has 8 heteroatoms. The number of hydrogen-bond donors (Lipinski definition) is 2. The zero-order valence-electron chi connectivity index (χ0n) is 8.79. The van der Waals surface area contributed by atoms with Crippen LogP contribution in [0.1, 0.15) is 19.3 Å². The maximum atomic E-state index is 12.0. The van der Waals surface area contributed by atoms with Gasteiger partial charge in [-0.25, -0.2) is 0 Å². The van der Waals surface area contributed by atoms with Crippen LogP contribution in [0.2, 0.25) is 0 Å². The molecule has 0 spiro atoms. The minimum absolute atomic E-state index is 0.0775. The Bertz CT molecular complexity index is 305. The average Bonchev–Trinajstić information content (AvgIpc) is 2.15. The second-order valence-corrected chi connectivity index (χ2v) is 3.78. The van der Waals surface area contributed by atoms with Gasteiger partial charge in [0, 0.05) is 12.6 Å². The number of nitrogens with one attached hydrogen (secondary N) is 1.